The van der Waals surface area contributed by atoms with E-state index < -0.39 is 0 Å². The topological polar surface area (TPSA) is 85.9 Å². The standard InChI is InChI=1S/C30H33NO3.C29H33NO2.ClH/c1-17(2)23-10-12-24(13-11-23)28-21(6)34-30-19(4)18(3)29(20(5)27(28)30)31-26(32)16-22-8-14-25(33-7)15-9-22;1-17(2)23-10-12-24(13-11-23)27-21(6)32-29-19(4)18(3)28(20(5)26(27)29)30-16-22-8-14-25(31-7)15-9-22;/h8-15,17H,16H2,1-7H3,(H,31,32);8-15,17,30H,16H2,1-7H3;1H. The Bertz CT molecular complexity index is 3010. The zero-order valence-electron chi connectivity index (χ0n) is 41.8. The van der Waals surface area contributed by atoms with Crippen molar-refractivity contribution < 1.29 is 23.1 Å². The molecule has 0 saturated heterocycles. The third-order valence-electron chi connectivity index (χ3n) is 13.4. The van der Waals surface area contributed by atoms with Crippen molar-refractivity contribution in [1.29, 1.82) is 0 Å². The average molecular weight is 920 g/mol. The second-order valence-corrected chi connectivity index (χ2v) is 18.3. The monoisotopic (exact) mass is 918 g/mol. The molecular weight excluding hydrogens is 852 g/mol. The van der Waals surface area contributed by atoms with Gasteiger partial charge in [-0.3, -0.25) is 4.79 Å². The summed E-state index contributed by atoms with van der Waals surface area (Å²) in [7, 11) is 3.33. The maximum atomic E-state index is 13.0. The van der Waals surface area contributed by atoms with Gasteiger partial charge in [0.15, 0.2) is 0 Å². The van der Waals surface area contributed by atoms with Crippen LogP contribution in [-0.2, 0) is 17.8 Å². The fraction of sp³-hybridized carbons (Fsp3) is 0.305. The molecule has 0 bridgehead atoms. The number of carbonyl (C=O) groups excluding carboxylic acids is 1. The highest BCUT2D eigenvalue weighted by Gasteiger charge is 2.24. The summed E-state index contributed by atoms with van der Waals surface area (Å²) in [6.07, 6.45) is 0.299. The number of hydrogen-bond acceptors (Lipinski definition) is 6. The number of nitrogens with one attached hydrogen (secondary N) is 2. The Morgan fingerprint density at radius 3 is 1.30 bits per heavy atom. The fourth-order valence-corrected chi connectivity index (χ4v) is 9.12. The van der Waals surface area contributed by atoms with Gasteiger partial charge in [0.05, 0.1) is 20.6 Å². The molecule has 8 aromatic rings. The van der Waals surface area contributed by atoms with Gasteiger partial charge >= 0.3 is 0 Å². The maximum Gasteiger partial charge on any atom is 0.228 e. The Morgan fingerprint density at radius 2 is 0.896 bits per heavy atom. The van der Waals surface area contributed by atoms with E-state index in [-0.39, 0.29) is 18.3 Å². The molecule has 7 nitrogen and oxygen atoms in total. The smallest absolute Gasteiger partial charge is 0.228 e. The molecule has 8 heteroatoms. The number of rotatable bonds is 12. The van der Waals surface area contributed by atoms with E-state index in [1.807, 2.05) is 50.2 Å². The van der Waals surface area contributed by atoms with E-state index in [0.29, 0.717) is 18.3 Å². The first-order valence-electron chi connectivity index (χ1n) is 23.1. The molecule has 2 N–H and O–H groups in total. The number of halogens is 1. The predicted molar refractivity (Wildman–Crippen MR) is 282 cm³/mol. The van der Waals surface area contributed by atoms with Crippen LogP contribution >= 0.6 is 12.4 Å². The quantitative estimate of drug-likeness (QED) is 0.127. The van der Waals surface area contributed by atoms with E-state index in [0.717, 1.165) is 85.2 Å². The molecule has 0 spiro atoms. The van der Waals surface area contributed by atoms with Crippen molar-refractivity contribution in [2.24, 2.45) is 0 Å². The first-order chi connectivity index (χ1) is 31.5. The lowest BCUT2D eigenvalue weighted by Crippen LogP contribution is -2.16. The zero-order chi connectivity index (χ0) is 47.6. The minimum atomic E-state index is -0.0434. The van der Waals surface area contributed by atoms with Gasteiger partial charge in [0.2, 0.25) is 5.91 Å². The molecule has 1 amide bonds. The first-order valence-corrected chi connectivity index (χ1v) is 23.1. The Kier molecular flexibility index (Phi) is 15.7. The van der Waals surface area contributed by atoms with Crippen molar-refractivity contribution in [3.8, 4) is 33.8 Å². The van der Waals surface area contributed by atoms with Gasteiger partial charge in [0.1, 0.15) is 34.2 Å². The summed E-state index contributed by atoms with van der Waals surface area (Å²) in [4.78, 5) is 13.0. The molecule has 0 radical (unpaired) electrons. The number of methoxy groups -OCH3 is 2. The van der Waals surface area contributed by atoms with Gasteiger partial charge < -0.3 is 28.9 Å². The number of benzene rings is 6. The summed E-state index contributed by atoms with van der Waals surface area (Å²) in [5.41, 5.74) is 20.2. The average Bonchev–Trinajstić information content (AvgIpc) is 3.86. The largest absolute Gasteiger partial charge is 0.497 e. The molecule has 6 aromatic carbocycles. The van der Waals surface area contributed by atoms with Crippen molar-refractivity contribution in [3.05, 3.63) is 164 Å². The van der Waals surface area contributed by atoms with Gasteiger partial charge in [-0.2, -0.15) is 0 Å². The summed E-state index contributed by atoms with van der Waals surface area (Å²) in [5, 5.41) is 9.16. The third kappa shape index (κ3) is 10.3. The summed E-state index contributed by atoms with van der Waals surface area (Å²) in [6, 6.07) is 33.4. The first kappa shape index (κ1) is 50.0. The van der Waals surface area contributed by atoms with Crippen LogP contribution in [-0.4, -0.2) is 20.1 Å². The van der Waals surface area contributed by atoms with Crippen molar-refractivity contribution in [2.45, 2.75) is 108 Å². The van der Waals surface area contributed by atoms with Crippen LogP contribution in [0.4, 0.5) is 11.4 Å². The third-order valence-corrected chi connectivity index (χ3v) is 13.4. The Labute approximate surface area is 403 Å². The molecule has 0 saturated carbocycles. The van der Waals surface area contributed by atoms with Crippen LogP contribution in [0, 0.1) is 55.4 Å². The highest BCUT2D eigenvalue weighted by molar-refractivity contribution is 6.06. The lowest BCUT2D eigenvalue weighted by atomic mass is 9.92. The van der Waals surface area contributed by atoms with Gasteiger partial charge in [-0.05, 0) is 158 Å². The molecule has 8 rings (SSSR count). The molecule has 0 aliphatic rings. The summed E-state index contributed by atoms with van der Waals surface area (Å²) < 4.78 is 23.1. The van der Waals surface area contributed by atoms with E-state index in [9.17, 15) is 4.79 Å². The van der Waals surface area contributed by atoms with Crippen molar-refractivity contribution in [3.63, 3.8) is 0 Å². The van der Waals surface area contributed by atoms with E-state index in [2.05, 4.69) is 141 Å². The highest BCUT2D eigenvalue weighted by Crippen LogP contribution is 2.44. The van der Waals surface area contributed by atoms with Crippen LogP contribution < -0.4 is 20.1 Å². The lowest BCUT2D eigenvalue weighted by molar-refractivity contribution is -0.115. The number of hydrogen-bond donors (Lipinski definition) is 2. The number of carbonyl (C=O) groups is 1. The van der Waals surface area contributed by atoms with Crippen molar-refractivity contribution in [1.82, 2.24) is 0 Å². The Morgan fingerprint density at radius 1 is 0.507 bits per heavy atom. The van der Waals surface area contributed by atoms with E-state index in [1.54, 1.807) is 14.2 Å². The molecule has 0 aliphatic carbocycles. The molecule has 2 heterocycles. The van der Waals surface area contributed by atoms with Gasteiger partial charge in [0.25, 0.3) is 0 Å². The Hall–Kier alpha value is -6.44. The highest BCUT2D eigenvalue weighted by atomic mass is 35.5. The molecule has 0 unspecified atom stereocenters. The Balaban J connectivity index is 0.000000218. The number of aryl methyl sites for hydroxylation is 6. The van der Waals surface area contributed by atoms with Crippen LogP contribution in [0.15, 0.2) is 106 Å². The maximum absolute atomic E-state index is 13.0. The number of fused-ring (bicyclic) bond motifs is 2. The molecule has 0 atom stereocenters. The molecule has 0 aliphatic heterocycles. The van der Waals surface area contributed by atoms with E-state index in [1.165, 1.54) is 55.6 Å². The number of anilines is 2. The van der Waals surface area contributed by atoms with Crippen molar-refractivity contribution in [2.75, 3.05) is 24.9 Å². The summed E-state index contributed by atoms with van der Waals surface area (Å²) in [5.74, 6) is 4.47. The van der Waals surface area contributed by atoms with Crippen LogP contribution in [0.5, 0.6) is 11.5 Å². The summed E-state index contributed by atoms with van der Waals surface area (Å²) in [6.45, 7) is 26.4. The van der Waals surface area contributed by atoms with Crippen molar-refractivity contribution >= 4 is 51.6 Å². The second kappa shape index (κ2) is 21.0. The second-order valence-electron chi connectivity index (χ2n) is 18.3. The number of amides is 1. The minimum Gasteiger partial charge on any atom is -0.497 e. The SMILES string of the molecule is COc1ccc(CC(=O)Nc2c(C)c(C)c3oc(C)c(-c4ccc(C(C)C)cc4)c3c2C)cc1.COc1ccc(CNc2c(C)c(C)c3oc(C)c(-c4ccc(C(C)C)cc4)c3c2C)cc1.Cl. The minimum absolute atomic E-state index is 0. The molecule has 2 aromatic heterocycles. The number of furan rings is 2. The number of ether oxygens (including phenoxy) is 2. The van der Waals surface area contributed by atoms with Crippen LogP contribution in [0.25, 0.3) is 44.2 Å². The van der Waals surface area contributed by atoms with Crippen LogP contribution in [0.1, 0.15) is 107 Å². The molecule has 350 valence electrons. The van der Waals surface area contributed by atoms with Gasteiger partial charge in [-0.15, -0.1) is 12.4 Å². The van der Waals surface area contributed by atoms with Gasteiger partial charge in [0, 0.05) is 39.8 Å². The zero-order valence-corrected chi connectivity index (χ0v) is 42.6. The molecule has 67 heavy (non-hydrogen) atoms. The molecular formula is C59H67ClN2O5. The van der Waals surface area contributed by atoms with Crippen LogP contribution in [0.2, 0.25) is 0 Å². The van der Waals surface area contributed by atoms with Gasteiger partial charge in [-0.1, -0.05) is 100 Å². The van der Waals surface area contributed by atoms with Gasteiger partial charge in [-0.25, -0.2) is 0 Å². The van der Waals surface area contributed by atoms with E-state index in [4.69, 9.17) is 18.3 Å². The fourth-order valence-electron chi connectivity index (χ4n) is 9.12. The predicted octanol–water partition coefficient (Wildman–Crippen LogP) is 16.1. The van der Waals surface area contributed by atoms with E-state index >= 15 is 0 Å². The van der Waals surface area contributed by atoms with Crippen LogP contribution in [0.3, 0.4) is 0 Å². The normalized spacial score (nSPS) is 11.2. The summed E-state index contributed by atoms with van der Waals surface area (Å²) >= 11 is 0. The lowest BCUT2D eigenvalue weighted by Gasteiger charge is -2.17. The molecule has 0 fully saturated rings.